The third-order valence-corrected chi connectivity index (χ3v) is 7.73. The number of carbonyl (C=O) groups excluding carboxylic acids is 3. The first-order valence-electron chi connectivity index (χ1n) is 15.2. The predicted molar refractivity (Wildman–Crippen MR) is 184 cm³/mol. The number of nitrogens with zero attached hydrogens (tertiary/aromatic N) is 5. The molecule has 0 radical (unpaired) electrons. The summed E-state index contributed by atoms with van der Waals surface area (Å²) in [6, 6.07) is 7.13. The number of allylic oxidation sites excluding steroid dienone is 3. The minimum atomic E-state index is -0.958. The second-order valence-electron chi connectivity index (χ2n) is 11.9. The minimum absolute atomic E-state index is 0.0732. The van der Waals surface area contributed by atoms with Crippen LogP contribution in [-0.2, 0) is 15.0 Å². The highest BCUT2D eigenvalue weighted by Crippen LogP contribution is 2.50. The number of aldehydes is 1. The van der Waals surface area contributed by atoms with Gasteiger partial charge in [0.2, 0.25) is 5.91 Å². The number of nitrogens with one attached hydrogen (secondary N) is 2. The number of hydrazine groups is 1. The van der Waals surface area contributed by atoms with Gasteiger partial charge >= 0.3 is 0 Å². The van der Waals surface area contributed by atoms with E-state index in [2.05, 4.69) is 34.9 Å². The summed E-state index contributed by atoms with van der Waals surface area (Å²) in [6.07, 6.45) is 15.6. The van der Waals surface area contributed by atoms with Gasteiger partial charge in [-0.15, -0.1) is 12.8 Å². The molecule has 0 saturated carbocycles. The van der Waals surface area contributed by atoms with E-state index in [1.807, 2.05) is 58.1 Å². The van der Waals surface area contributed by atoms with Crippen molar-refractivity contribution in [3.05, 3.63) is 52.6 Å². The number of nitriles is 1. The molecule has 0 bridgehead atoms. The average molecular weight is 634 g/mol. The fourth-order valence-corrected chi connectivity index (χ4v) is 5.76. The highest BCUT2D eigenvalue weighted by molar-refractivity contribution is 6.04. The van der Waals surface area contributed by atoms with Crippen LogP contribution < -0.4 is 22.4 Å². The van der Waals surface area contributed by atoms with E-state index in [1.165, 1.54) is 4.90 Å². The van der Waals surface area contributed by atoms with Crippen molar-refractivity contribution in [1.29, 1.82) is 5.26 Å². The van der Waals surface area contributed by atoms with E-state index in [9.17, 15) is 19.6 Å². The summed E-state index contributed by atoms with van der Waals surface area (Å²) < 4.78 is 0. The summed E-state index contributed by atoms with van der Waals surface area (Å²) in [5.74, 6) is 5.54. The quantitative estimate of drug-likeness (QED) is 0.0710. The molecule has 2 amide bonds. The molecule has 12 heteroatoms. The zero-order chi connectivity index (χ0) is 35.0. The highest BCUT2D eigenvalue weighted by Gasteiger charge is 2.47. The second kappa shape index (κ2) is 19.1. The molecule has 0 aromatic heterocycles. The summed E-state index contributed by atoms with van der Waals surface area (Å²) >= 11 is 0. The van der Waals surface area contributed by atoms with Crippen LogP contribution in [0.3, 0.4) is 0 Å². The maximum Gasteiger partial charge on any atom is 0.253 e. The first-order valence-corrected chi connectivity index (χ1v) is 15.2. The number of benzene rings is 1. The Bertz CT molecular complexity index is 1350. The van der Waals surface area contributed by atoms with Gasteiger partial charge in [0.25, 0.3) is 5.91 Å². The molecule has 1 aliphatic heterocycles. The SMILES string of the molecule is C#C.CC1=C(/C=C\CC=O)C(CC(C)NCC(=O)N2CCCC[C@H]2C#N)(/C(N)=N/NN)c2ccc(C(=O)N(C)C)cc21.CN(C)C. The van der Waals surface area contributed by atoms with E-state index in [4.69, 9.17) is 11.6 Å². The van der Waals surface area contributed by atoms with E-state index >= 15 is 0 Å². The molecule has 3 atom stereocenters. The van der Waals surface area contributed by atoms with E-state index in [1.54, 1.807) is 31.1 Å². The lowest BCUT2D eigenvalue weighted by atomic mass is 9.71. The van der Waals surface area contributed by atoms with Crippen molar-refractivity contribution in [3.63, 3.8) is 0 Å². The van der Waals surface area contributed by atoms with Gasteiger partial charge in [0.05, 0.1) is 18.0 Å². The predicted octanol–water partition coefficient (Wildman–Crippen LogP) is 1.99. The molecule has 3 rings (SSSR count). The zero-order valence-electron chi connectivity index (χ0n) is 28.3. The van der Waals surface area contributed by atoms with Crippen molar-refractivity contribution in [2.75, 3.05) is 48.3 Å². The van der Waals surface area contributed by atoms with Crippen LogP contribution in [0.15, 0.2) is 41.0 Å². The van der Waals surface area contributed by atoms with Crippen LogP contribution in [0.5, 0.6) is 0 Å². The van der Waals surface area contributed by atoms with Crippen molar-refractivity contribution >= 4 is 29.5 Å². The molecule has 1 heterocycles. The van der Waals surface area contributed by atoms with Crippen LogP contribution in [0, 0.1) is 24.2 Å². The topological polar surface area (TPSA) is 173 Å². The number of terminal acetylenes is 1. The number of amides is 2. The molecule has 46 heavy (non-hydrogen) atoms. The molecule has 12 nitrogen and oxygen atoms in total. The lowest BCUT2D eigenvalue weighted by Crippen LogP contribution is -2.50. The number of hydrogen-bond acceptors (Lipinski definition) is 9. The van der Waals surface area contributed by atoms with Gasteiger partial charge in [-0.2, -0.15) is 10.4 Å². The molecule has 1 aromatic carbocycles. The molecule has 250 valence electrons. The lowest BCUT2D eigenvalue weighted by molar-refractivity contribution is -0.132. The van der Waals surface area contributed by atoms with Crippen molar-refractivity contribution in [2.45, 2.75) is 63.5 Å². The third-order valence-electron chi connectivity index (χ3n) is 7.73. The Morgan fingerprint density at radius 1 is 1.24 bits per heavy atom. The molecule has 0 spiro atoms. The smallest absolute Gasteiger partial charge is 0.253 e. The summed E-state index contributed by atoms with van der Waals surface area (Å²) in [4.78, 5) is 42.1. The van der Waals surface area contributed by atoms with Crippen LogP contribution in [0.1, 0.15) is 67.4 Å². The van der Waals surface area contributed by atoms with Gasteiger partial charge in [-0.05, 0) is 95.1 Å². The summed E-state index contributed by atoms with van der Waals surface area (Å²) in [7, 11) is 9.40. The molecular formula is C34H51N9O3. The third kappa shape index (κ3) is 9.75. The lowest BCUT2D eigenvalue weighted by Gasteiger charge is -2.36. The van der Waals surface area contributed by atoms with Crippen molar-refractivity contribution < 1.29 is 14.4 Å². The van der Waals surface area contributed by atoms with Gasteiger partial charge in [-0.25, -0.2) is 11.4 Å². The Morgan fingerprint density at radius 3 is 2.46 bits per heavy atom. The highest BCUT2D eigenvalue weighted by atomic mass is 16.2. The Balaban J connectivity index is 0.00000163. The van der Waals surface area contributed by atoms with E-state index < -0.39 is 11.5 Å². The number of rotatable bonds is 11. The van der Waals surface area contributed by atoms with Gasteiger partial charge in [-0.1, -0.05) is 18.2 Å². The van der Waals surface area contributed by atoms with Crippen LogP contribution in [0.4, 0.5) is 0 Å². The van der Waals surface area contributed by atoms with E-state index in [0.29, 0.717) is 24.9 Å². The number of piperidine rings is 1. The number of nitrogens with two attached hydrogens (primary N) is 2. The summed E-state index contributed by atoms with van der Waals surface area (Å²) in [5, 5.41) is 17.0. The molecule has 1 fully saturated rings. The van der Waals surface area contributed by atoms with Gasteiger partial charge < -0.3 is 30.5 Å². The van der Waals surface area contributed by atoms with Gasteiger partial charge in [-0.3, -0.25) is 9.59 Å². The number of hydrogen-bond donors (Lipinski definition) is 4. The summed E-state index contributed by atoms with van der Waals surface area (Å²) in [6.45, 7) is 4.56. The van der Waals surface area contributed by atoms with E-state index in [-0.39, 0.29) is 36.7 Å². The standard InChI is InChI=1S/C29H40N8O3.C3H9N.C2H2/c1-19(33-18-26(39)37-13-7-5-9-22(37)17-30)16-29(28(31)34-35-32)24(10-6-8-14-38)20(2)23-15-21(11-12-25(23)29)27(40)36(3)4;1-4(2)3;1-2/h6,10-12,14-15,19,22,33,35H,5,7-9,13,16,18,32H2,1-4H3,(H2,31,34);1-3H3;1-2H/b10-6-;;/t19?,22-,29?;;/m0../s1. The van der Waals surface area contributed by atoms with Crippen molar-refractivity contribution in [1.82, 2.24) is 25.6 Å². The van der Waals surface area contributed by atoms with E-state index in [0.717, 1.165) is 41.4 Å². The van der Waals surface area contributed by atoms with Crippen molar-refractivity contribution in [2.24, 2.45) is 16.7 Å². The molecule has 1 aromatic rings. The number of fused-ring (bicyclic) bond motifs is 1. The number of hydrazone groups is 1. The number of carbonyl (C=O) groups is 3. The molecule has 2 aliphatic rings. The molecule has 1 aliphatic carbocycles. The number of amidine groups is 1. The van der Waals surface area contributed by atoms with Gasteiger partial charge in [0.15, 0.2) is 0 Å². The largest absolute Gasteiger partial charge is 0.385 e. The molecular weight excluding hydrogens is 582 g/mol. The normalized spacial score (nSPS) is 19.7. The van der Waals surface area contributed by atoms with Crippen LogP contribution in [-0.4, -0.2) is 99.0 Å². The van der Waals surface area contributed by atoms with Crippen LogP contribution in [0.2, 0.25) is 0 Å². The fraction of sp³-hybridized carbons (Fsp3) is 0.500. The Morgan fingerprint density at radius 2 is 1.89 bits per heavy atom. The Hall–Kier alpha value is -4.49. The Labute approximate surface area is 274 Å². The maximum absolute atomic E-state index is 13.0. The monoisotopic (exact) mass is 633 g/mol. The first kappa shape index (κ1) is 39.5. The zero-order valence-corrected chi connectivity index (χ0v) is 28.3. The van der Waals surface area contributed by atoms with Crippen LogP contribution >= 0.6 is 0 Å². The molecule has 6 N–H and O–H groups in total. The minimum Gasteiger partial charge on any atom is -0.385 e. The Kier molecular flexibility index (Phi) is 16.4. The fourth-order valence-electron chi connectivity index (χ4n) is 5.76. The molecule has 1 saturated heterocycles. The van der Waals surface area contributed by atoms with Gasteiger partial charge in [0, 0.05) is 38.7 Å². The summed E-state index contributed by atoms with van der Waals surface area (Å²) in [5.41, 5.74) is 12.0. The maximum atomic E-state index is 13.0. The van der Waals surface area contributed by atoms with Crippen molar-refractivity contribution in [3.8, 4) is 18.9 Å². The van der Waals surface area contributed by atoms with Crippen LogP contribution in [0.25, 0.3) is 5.57 Å². The average Bonchev–Trinajstić information content (AvgIpc) is 3.27. The number of likely N-dealkylation sites (tertiary alicyclic amines) is 1. The van der Waals surface area contributed by atoms with Gasteiger partial charge in [0.1, 0.15) is 18.2 Å². The first-order chi connectivity index (χ1) is 21.8. The molecule has 2 unspecified atom stereocenters. The second-order valence-corrected chi connectivity index (χ2v) is 11.9.